The zero-order chi connectivity index (χ0) is 21.8. The normalized spacial score (nSPS) is 12.4. The Bertz CT molecular complexity index is 1120. The molecular formula is C26H23NO4. The van der Waals surface area contributed by atoms with Crippen LogP contribution in [0.25, 0.3) is 17.2 Å². The number of rotatable bonds is 6. The van der Waals surface area contributed by atoms with Gasteiger partial charge in [0.1, 0.15) is 6.61 Å². The van der Waals surface area contributed by atoms with E-state index in [2.05, 4.69) is 29.6 Å². The molecule has 1 aliphatic carbocycles. The summed E-state index contributed by atoms with van der Waals surface area (Å²) in [6.07, 6.45) is 2.90. The van der Waals surface area contributed by atoms with Crippen LogP contribution in [0.2, 0.25) is 0 Å². The molecule has 0 saturated carbocycles. The minimum absolute atomic E-state index is 0.0131. The number of hydrogen-bond acceptors (Lipinski definition) is 3. The van der Waals surface area contributed by atoms with Crippen molar-refractivity contribution in [2.24, 2.45) is 0 Å². The lowest BCUT2D eigenvalue weighted by Gasteiger charge is -2.14. The zero-order valence-electron chi connectivity index (χ0n) is 17.2. The van der Waals surface area contributed by atoms with Crippen molar-refractivity contribution in [1.29, 1.82) is 0 Å². The van der Waals surface area contributed by atoms with Gasteiger partial charge in [0, 0.05) is 12.5 Å². The van der Waals surface area contributed by atoms with E-state index in [0.29, 0.717) is 11.1 Å². The summed E-state index contributed by atoms with van der Waals surface area (Å²) in [6.45, 7) is 2.25. The third kappa shape index (κ3) is 4.21. The third-order valence-corrected chi connectivity index (χ3v) is 5.52. The first-order chi connectivity index (χ1) is 15.1. The molecule has 3 aromatic carbocycles. The number of ether oxygens (including phenoxy) is 1. The average molecular weight is 413 g/mol. The molecule has 0 aliphatic heterocycles. The summed E-state index contributed by atoms with van der Waals surface area (Å²) in [7, 11) is 0. The highest BCUT2D eigenvalue weighted by atomic mass is 16.5. The monoisotopic (exact) mass is 413 g/mol. The fourth-order valence-corrected chi connectivity index (χ4v) is 4.10. The Morgan fingerprint density at radius 1 is 0.968 bits per heavy atom. The van der Waals surface area contributed by atoms with E-state index in [9.17, 15) is 14.7 Å². The summed E-state index contributed by atoms with van der Waals surface area (Å²) >= 11 is 0. The molecule has 5 nitrogen and oxygen atoms in total. The Labute approximate surface area is 181 Å². The smallest absolute Gasteiger partial charge is 0.407 e. The number of hydrogen-bond donors (Lipinski definition) is 2. The highest BCUT2D eigenvalue weighted by Gasteiger charge is 2.28. The molecule has 31 heavy (non-hydrogen) atoms. The van der Waals surface area contributed by atoms with E-state index in [-0.39, 0.29) is 24.6 Å². The number of carbonyl (C=O) groups is 2. The van der Waals surface area contributed by atoms with Gasteiger partial charge in [0.25, 0.3) is 0 Å². The molecule has 0 bridgehead atoms. The van der Waals surface area contributed by atoms with Gasteiger partial charge in [0.05, 0.1) is 5.56 Å². The van der Waals surface area contributed by atoms with Crippen molar-refractivity contribution in [3.8, 4) is 11.1 Å². The van der Waals surface area contributed by atoms with Gasteiger partial charge in [-0.1, -0.05) is 78.9 Å². The first kappa shape index (κ1) is 20.4. The van der Waals surface area contributed by atoms with Gasteiger partial charge in [-0.3, -0.25) is 0 Å². The van der Waals surface area contributed by atoms with E-state index in [4.69, 9.17) is 4.74 Å². The van der Waals surface area contributed by atoms with Crippen molar-refractivity contribution < 1.29 is 19.4 Å². The number of benzene rings is 3. The number of fused-ring (bicyclic) bond motifs is 3. The van der Waals surface area contributed by atoms with Gasteiger partial charge in [0.15, 0.2) is 0 Å². The molecular weight excluding hydrogens is 390 g/mol. The zero-order valence-corrected chi connectivity index (χ0v) is 17.2. The van der Waals surface area contributed by atoms with Crippen molar-refractivity contribution in [2.75, 3.05) is 13.2 Å². The van der Waals surface area contributed by atoms with Crippen molar-refractivity contribution in [1.82, 2.24) is 5.32 Å². The Balaban J connectivity index is 1.35. The lowest BCUT2D eigenvalue weighted by atomic mass is 9.98. The third-order valence-electron chi connectivity index (χ3n) is 5.52. The standard InChI is InChI=1S/C26H23NO4/c1-17-8-6-9-18(24(17)25(28)29)10-7-15-27-26(30)31-16-23-21-13-4-2-11-19(21)20-12-3-5-14-22(20)23/h2-14,23H,15-16H2,1H3,(H,27,30)(H,28,29). The summed E-state index contributed by atoms with van der Waals surface area (Å²) in [5, 5.41) is 12.1. The van der Waals surface area contributed by atoms with Gasteiger partial charge < -0.3 is 15.2 Å². The molecule has 0 aromatic heterocycles. The number of carboxylic acid groups (broad SMARTS) is 1. The number of aryl methyl sites for hydroxylation is 1. The van der Waals surface area contributed by atoms with E-state index in [0.717, 1.165) is 11.1 Å². The van der Waals surface area contributed by atoms with Crippen LogP contribution >= 0.6 is 0 Å². The number of alkyl carbamates (subject to hydrolysis) is 1. The van der Waals surface area contributed by atoms with Gasteiger partial charge in [0.2, 0.25) is 0 Å². The van der Waals surface area contributed by atoms with Crippen LogP contribution in [0, 0.1) is 6.92 Å². The number of carboxylic acids is 1. The van der Waals surface area contributed by atoms with Gasteiger partial charge in [-0.2, -0.15) is 0 Å². The average Bonchev–Trinajstić information content (AvgIpc) is 3.09. The van der Waals surface area contributed by atoms with Crippen molar-refractivity contribution in [2.45, 2.75) is 12.8 Å². The second-order valence-corrected chi connectivity index (χ2v) is 7.45. The fraction of sp³-hybridized carbons (Fsp3) is 0.154. The van der Waals surface area contributed by atoms with E-state index in [1.165, 1.54) is 11.1 Å². The maximum atomic E-state index is 12.2. The molecule has 1 aliphatic rings. The predicted octanol–water partition coefficient (Wildman–Crippen LogP) is 5.25. The minimum Gasteiger partial charge on any atom is -0.478 e. The van der Waals surface area contributed by atoms with Crippen molar-refractivity contribution in [3.63, 3.8) is 0 Å². The van der Waals surface area contributed by atoms with Crippen LogP contribution in [0.1, 0.15) is 38.5 Å². The molecule has 156 valence electrons. The maximum absolute atomic E-state index is 12.2. The largest absolute Gasteiger partial charge is 0.478 e. The van der Waals surface area contributed by atoms with E-state index in [1.807, 2.05) is 24.3 Å². The molecule has 3 aromatic rings. The Morgan fingerprint density at radius 3 is 2.26 bits per heavy atom. The highest BCUT2D eigenvalue weighted by molar-refractivity contribution is 5.93. The predicted molar refractivity (Wildman–Crippen MR) is 120 cm³/mol. The molecule has 4 rings (SSSR count). The quantitative estimate of drug-likeness (QED) is 0.579. The summed E-state index contributed by atoms with van der Waals surface area (Å²) in [5.74, 6) is -0.957. The van der Waals surface area contributed by atoms with E-state index < -0.39 is 12.1 Å². The molecule has 0 fully saturated rings. The molecule has 0 spiro atoms. The van der Waals surface area contributed by atoms with Gasteiger partial charge >= 0.3 is 12.1 Å². The van der Waals surface area contributed by atoms with Crippen LogP contribution < -0.4 is 5.32 Å². The van der Waals surface area contributed by atoms with Crippen molar-refractivity contribution in [3.05, 3.63) is 101 Å². The Kier molecular flexibility index (Phi) is 5.85. The van der Waals surface area contributed by atoms with Crippen molar-refractivity contribution >= 4 is 18.1 Å². The fourth-order valence-electron chi connectivity index (χ4n) is 4.10. The lowest BCUT2D eigenvalue weighted by molar-refractivity contribution is 0.0695. The second kappa shape index (κ2) is 8.88. The number of carbonyl (C=O) groups excluding carboxylic acids is 1. The molecule has 2 N–H and O–H groups in total. The second-order valence-electron chi connectivity index (χ2n) is 7.45. The maximum Gasteiger partial charge on any atom is 0.407 e. The van der Waals surface area contributed by atoms with Gasteiger partial charge in [-0.15, -0.1) is 0 Å². The SMILES string of the molecule is Cc1cccc(C=CCNC(=O)OCC2c3ccccc3-c3ccccc32)c1C(=O)O. The Morgan fingerprint density at radius 2 is 1.61 bits per heavy atom. The van der Waals surface area contributed by atoms with E-state index in [1.54, 1.807) is 37.3 Å². The summed E-state index contributed by atoms with van der Waals surface area (Å²) in [4.78, 5) is 23.6. The molecule has 0 heterocycles. The molecule has 0 unspecified atom stereocenters. The molecule has 0 radical (unpaired) electrons. The van der Waals surface area contributed by atoms with Crippen LogP contribution in [-0.2, 0) is 4.74 Å². The molecule has 5 heteroatoms. The van der Waals surface area contributed by atoms with Crippen LogP contribution in [-0.4, -0.2) is 30.3 Å². The molecule has 0 atom stereocenters. The first-order valence-corrected chi connectivity index (χ1v) is 10.1. The first-order valence-electron chi connectivity index (χ1n) is 10.1. The number of amides is 1. The highest BCUT2D eigenvalue weighted by Crippen LogP contribution is 2.44. The summed E-state index contributed by atoms with van der Waals surface area (Å²) in [6, 6.07) is 21.7. The topological polar surface area (TPSA) is 75.6 Å². The van der Waals surface area contributed by atoms with Gasteiger partial charge in [-0.25, -0.2) is 9.59 Å². The molecule has 0 saturated heterocycles. The van der Waals surface area contributed by atoms with E-state index >= 15 is 0 Å². The molecule has 1 amide bonds. The number of nitrogens with one attached hydrogen (secondary N) is 1. The van der Waals surface area contributed by atoms with Crippen LogP contribution in [0.5, 0.6) is 0 Å². The Hall–Kier alpha value is -3.86. The minimum atomic E-state index is -0.970. The van der Waals surface area contributed by atoms with Crippen LogP contribution in [0.4, 0.5) is 4.79 Å². The van der Waals surface area contributed by atoms with Crippen LogP contribution in [0.3, 0.4) is 0 Å². The number of aromatic carboxylic acids is 1. The summed E-state index contributed by atoms with van der Waals surface area (Å²) in [5.41, 5.74) is 6.25. The summed E-state index contributed by atoms with van der Waals surface area (Å²) < 4.78 is 5.49. The van der Waals surface area contributed by atoms with Gasteiger partial charge in [-0.05, 0) is 40.3 Å². The van der Waals surface area contributed by atoms with Crippen LogP contribution in [0.15, 0.2) is 72.8 Å². The lowest BCUT2D eigenvalue weighted by Crippen LogP contribution is -2.26.